The summed E-state index contributed by atoms with van der Waals surface area (Å²) in [5.41, 5.74) is 0.153. The van der Waals surface area contributed by atoms with Gasteiger partial charge in [0.05, 0.1) is 6.07 Å². The lowest BCUT2D eigenvalue weighted by Crippen LogP contribution is -2.27. The monoisotopic (exact) mass is 239 g/mol. The zero-order valence-corrected chi connectivity index (χ0v) is 10.9. The van der Waals surface area contributed by atoms with Crippen LogP contribution in [0.5, 0.6) is 0 Å². The zero-order valence-electron chi connectivity index (χ0n) is 10.1. The summed E-state index contributed by atoms with van der Waals surface area (Å²) in [7, 11) is -0.687. The van der Waals surface area contributed by atoms with E-state index in [0.717, 1.165) is 37.4 Å². The molecular formula is C13H21NOS. The van der Waals surface area contributed by atoms with Crippen LogP contribution in [0.2, 0.25) is 0 Å². The molecule has 0 aromatic heterocycles. The van der Waals surface area contributed by atoms with Crippen LogP contribution in [0.15, 0.2) is 0 Å². The Morgan fingerprint density at radius 2 is 2.19 bits per heavy atom. The molecule has 2 saturated carbocycles. The first-order valence-electron chi connectivity index (χ1n) is 6.39. The topological polar surface area (TPSA) is 40.9 Å². The van der Waals surface area contributed by atoms with Gasteiger partial charge in [0, 0.05) is 28.2 Å². The summed E-state index contributed by atoms with van der Waals surface area (Å²) in [4.78, 5) is 0. The maximum absolute atomic E-state index is 12.3. The molecule has 0 spiro atoms. The molecule has 0 heterocycles. The number of nitrogens with zero attached hydrogens (tertiary/aromatic N) is 1. The Hall–Kier alpha value is -0.360. The van der Waals surface area contributed by atoms with Gasteiger partial charge in [0.1, 0.15) is 0 Å². The van der Waals surface area contributed by atoms with E-state index >= 15 is 0 Å². The van der Waals surface area contributed by atoms with E-state index in [1.165, 1.54) is 12.8 Å². The van der Waals surface area contributed by atoms with Gasteiger partial charge in [-0.05, 0) is 37.0 Å². The Morgan fingerprint density at radius 1 is 1.44 bits per heavy atom. The fourth-order valence-electron chi connectivity index (χ4n) is 2.75. The van der Waals surface area contributed by atoms with E-state index in [9.17, 15) is 4.21 Å². The molecule has 2 aliphatic rings. The second-order valence-electron chi connectivity index (χ2n) is 5.75. The average Bonchev–Trinajstić information content (AvgIpc) is 2.98. The van der Waals surface area contributed by atoms with E-state index < -0.39 is 10.8 Å². The van der Waals surface area contributed by atoms with Gasteiger partial charge in [-0.3, -0.25) is 4.21 Å². The van der Waals surface area contributed by atoms with Crippen molar-refractivity contribution in [1.82, 2.24) is 0 Å². The van der Waals surface area contributed by atoms with Crippen LogP contribution in [0.25, 0.3) is 0 Å². The fourth-order valence-corrected chi connectivity index (χ4v) is 4.96. The lowest BCUT2D eigenvalue weighted by Gasteiger charge is -2.27. The first kappa shape index (κ1) is 12.1. The van der Waals surface area contributed by atoms with Crippen LogP contribution in [0, 0.1) is 22.7 Å². The summed E-state index contributed by atoms with van der Waals surface area (Å²) in [5, 5.41) is 9.17. The van der Waals surface area contributed by atoms with Crippen molar-refractivity contribution in [3.8, 4) is 6.07 Å². The van der Waals surface area contributed by atoms with Gasteiger partial charge >= 0.3 is 0 Å². The minimum atomic E-state index is -0.687. The number of hydrogen-bond acceptors (Lipinski definition) is 2. The van der Waals surface area contributed by atoms with Crippen LogP contribution in [0.3, 0.4) is 0 Å². The Morgan fingerprint density at radius 3 is 2.75 bits per heavy atom. The van der Waals surface area contributed by atoms with Crippen molar-refractivity contribution in [1.29, 1.82) is 5.26 Å². The third-order valence-electron chi connectivity index (χ3n) is 4.12. The first-order valence-corrected chi connectivity index (χ1v) is 7.77. The minimum Gasteiger partial charge on any atom is -0.259 e. The zero-order chi connectivity index (χ0) is 11.6. The Kier molecular flexibility index (Phi) is 3.69. The van der Waals surface area contributed by atoms with E-state index in [4.69, 9.17) is 5.26 Å². The molecule has 0 N–H and O–H groups in total. The maximum Gasteiger partial charge on any atom is 0.0627 e. The van der Waals surface area contributed by atoms with Crippen molar-refractivity contribution in [3.63, 3.8) is 0 Å². The highest BCUT2D eigenvalue weighted by Gasteiger charge is 2.44. The molecule has 0 aliphatic heterocycles. The summed E-state index contributed by atoms with van der Waals surface area (Å²) in [6, 6.07) is 2.25. The van der Waals surface area contributed by atoms with E-state index in [0.29, 0.717) is 11.7 Å². The lowest BCUT2D eigenvalue weighted by molar-refractivity contribution is 0.388. The molecule has 0 bridgehead atoms. The van der Waals surface area contributed by atoms with Gasteiger partial charge in [0.2, 0.25) is 0 Å². The van der Waals surface area contributed by atoms with Crippen LogP contribution in [-0.4, -0.2) is 15.2 Å². The smallest absolute Gasteiger partial charge is 0.0627 e. The first-order chi connectivity index (χ1) is 7.65. The molecule has 0 aromatic carbocycles. The largest absolute Gasteiger partial charge is 0.259 e. The molecule has 3 heteroatoms. The molecule has 0 radical (unpaired) electrons. The van der Waals surface area contributed by atoms with Gasteiger partial charge in [0.15, 0.2) is 0 Å². The van der Waals surface area contributed by atoms with Gasteiger partial charge in [-0.15, -0.1) is 0 Å². The summed E-state index contributed by atoms with van der Waals surface area (Å²) in [6.07, 6.45) is 7.67. The second kappa shape index (κ2) is 4.87. The normalized spacial score (nSPS) is 34.0. The van der Waals surface area contributed by atoms with Crippen molar-refractivity contribution in [2.24, 2.45) is 11.3 Å². The van der Waals surface area contributed by atoms with Crippen LogP contribution < -0.4 is 0 Å². The van der Waals surface area contributed by atoms with Gasteiger partial charge < -0.3 is 0 Å². The van der Waals surface area contributed by atoms with E-state index in [-0.39, 0.29) is 5.41 Å². The quantitative estimate of drug-likeness (QED) is 0.756. The summed E-state index contributed by atoms with van der Waals surface area (Å²) in [6.45, 7) is 2.27. The van der Waals surface area contributed by atoms with E-state index in [1.54, 1.807) is 0 Å². The van der Waals surface area contributed by atoms with Crippen LogP contribution >= 0.6 is 0 Å². The third kappa shape index (κ3) is 2.85. The molecule has 90 valence electrons. The molecule has 3 atom stereocenters. The van der Waals surface area contributed by atoms with E-state index in [1.807, 2.05) is 0 Å². The van der Waals surface area contributed by atoms with Crippen molar-refractivity contribution >= 4 is 10.8 Å². The molecule has 0 aromatic rings. The highest BCUT2D eigenvalue weighted by atomic mass is 32.2. The molecular weight excluding hydrogens is 218 g/mol. The standard InChI is InChI=1S/C13H21NOS/c1-11-3-2-4-12(9-11)16(15)10-13(5-6-13)7-8-14/h11-12H,2-7,9-10H2,1H3. The Labute approximate surface area is 101 Å². The lowest BCUT2D eigenvalue weighted by atomic mass is 9.91. The summed E-state index contributed by atoms with van der Waals surface area (Å²) >= 11 is 0. The fraction of sp³-hybridized carbons (Fsp3) is 0.923. The third-order valence-corrected chi connectivity index (χ3v) is 6.19. The van der Waals surface area contributed by atoms with Gasteiger partial charge in [0.25, 0.3) is 0 Å². The predicted molar refractivity (Wildman–Crippen MR) is 66.3 cm³/mol. The number of nitriles is 1. The number of rotatable bonds is 4. The number of hydrogen-bond donors (Lipinski definition) is 0. The molecule has 2 rings (SSSR count). The van der Waals surface area contributed by atoms with Crippen LogP contribution in [0.1, 0.15) is 51.9 Å². The Balaban J connectivity index is 1.86. The molecule has 16 heavy (non-hydrogen) atoms. The average molecular weight is 239 g/mol. The Bertz CT molecular complexity index is 316. The van der Waals surface area contributed by atoms with Crippen LogP contribution in [-0.2, 0) is 10.8 Å². The van der Waals surface area contributed by atoms with E-state index in [2.05, 4.69) is 13.0 Å². The van der Waals surface area contributed by atoms with Crippen molar-refractivity contribution in [2.45, 2.75) is 57.1 Å². The molecule has 2 aliphatic carbocycles. The molecule has 0 amide bonds. The van der Waals surface area contributed by atoms with Crippen molar-refractivity contribution in [2.75, 3.05) is 5.75 Å². The molecule has 3 unspecified atom stereocenters. The van der Waals surface area contributed by atoms with Crippen molar-refractivity contribution in [3.05, 3.63) is 0 Å². The van der Waals surface area contributed by atoms with Crippen LogP contribution in [0.4, 0.5) is 0 Å². The van der Waals surface area contributed by atoms with Gasteiger partial charge in [-0.2, -0.15) is 5.26 Å². The van der Waals surface area contributed by atoms with Crippen molar-refractivity contribution < 1.29 is 4.21 Å². The highest BCUT2D eigenvalue weighted by Crippen LogP contribution is 2.49. The highest BCUT2D eigenvalue weighted by molar-refractivity contribution is 7.85. The maximum atomic E-state index is 12.3. The second-order valence-corrected chi connectivity index (χ2v) is 7.47. The SMILES string of the molecule is CC1CCCC(S(=O)CC2(CC#N)CC2)C1. The molecule has 2 fully saturated rings. The van der Waals surface area contributed by atoms with Gasteiger partial charge in [-0.1, -0.05) is 19.8 Å². The predicted octanol–water partition coefficient (Wildman–Crippen LogP) is 3.01. The summed E-state index contributed by atoms with van der Waals surface area (Å²) < 4.78 is 12.3. The minimum absolute atomic E-state index is 0.153. The molecule has 2 nitrogen and oxygen atoms in total. The van der Waals surface area contributed by atoms with Gasteiger partial charge in [-0.25, -0.2) is 0 Å². The molecule has 0 saturated heterocycles. The summed E-state index contributed by atoms with van der Waals surface area (Å²) in [5.74, 6) is 1.53.